The zero-order valence-electron chi connectivity index (χ0n) is 21.3. The van der Waals surface area contributed by atoms with Crippen molar-refractivity contribution in [3.63, 3.8) is 0 Å². The summed E-state index contributed by atoms with van der Waals surface area (Å²) in [5, 5.41) is 10.4. The summed E-state index contributed by atoms with van der Waals surface area (Å²) >= 11 is 0. The molecule has 32 heavy (non-hydrogen) atoms. The summed E-state index contributed by atoms with van der Waals surface area (Å²) in [6, 6.07) is -1.04. The minimum absolute atomic E-state index is 0.0402. The number of ether oxygens (including phenoxy) is 2. The largest absolute Gasteiger partial charge is 0.458 e. The summed E-state index contributed by atoms with van der Waals surface area (Å²) < 4.78 is 11.2. The van der Waals surface area contributed by atoms with E-state index < -0.39 is 35.4 Å². The molecule has 0 bridgehead atoms. The molecule has 4 atom stereocenters. The molecule has 1 aliphatic rings. The van der Waals surface area contributed by atoms with Gasteiger partial charge in [0, 0.05) is 18.9 Å². The third-order valence-corrected chi connectivity index (χ3v) is 4.54. The molecular weight excluding hydrogens is 412 g/mol. The van der Waals surface area contributed by atoms with Crippen LogP contribution in [0.5, 0.6) is 0 Å². The Balaban J connectivity index is 0.00000220. The van der Waals surface area contributed by atoms with Crippen molar-refractivity contribution in [2.75, 3.05) is 0 Å². The number of likely N-dealkylation sites (tertiary alicyclic amines) is 1. The number of esters is 1. The van der Waals surface area contributed by atoms with E-state index in [1.807, 2.05) is 46.8 Å². The maximum absolute atomic E-state index is 13.0. The maximum Gasteiger partial charge on any atom is 0.411 e. The summed E-state index contributed by atoms with van der Waals surface area (Å²) in [5.74, 6) is -0.804. The van der Waals surface area contributed by atoms with Crippen LogP contribution >= 0.6 is 0 Å². The molecule has 8 heteroatoms. The molecule has 3 N–H and O–H groups in total. The number of hydrogen-bond acceptors (Lipinski definition) is 6. The molecule has 0 spiro atoms. The highest BCUT2D eigenvalue weighted by molar-refractivity contribution is 5.83. The van der Waals surface area contributed by atoms with Crippen molar-refractivity contribution in [3.8, 4) is 0 Å². The van der Waals surface area contributed by atoms with E-state index in [9.17, 15) is 19.5 Å². The number of amides is 2. The second-order valence-electron chi connectivity index (χ2n) is 10.2. The fraction of sp³-hybridized carbons (Fsp3) is 0.792. The maximum atomic E-state index is 13.0. The lowest BCUT2D eigenvalue weighted by Gasteiger charge is -2.34. The Morgan fingerprint density at radius 1 is 1.12 bits per heavy atom. The molecule has 0 saturated carbocycles. The highest BCUT2D eigenvalue weighted by Gasteiger charge is 2.49. The van der Waals surface area contributed by atoms with E-state index >= 15 is 0 Å². The Morgan fingerprint density at radius 2 is 1.62 bits per heavy atom. The van der Waals surface area contributed by atoms with Crippen molar-refractivity contribution < 1.29 is 29.0 Å². The van der Waals surface area contributed by atoms with Gasteiger partial charge in [-0.15, -0.1) is 0 Å². The van der Waals surface area contributed by atoms with Gasteiger partial charge in [-0.2, -0.15) is 0 Å². The van der Waals surface area contributed by atoms with Crippen LogP contribution < -0.4 is 5.73 Å². The normalized spacial score (nSPS) is 22.2. The standard InChI is InChI=1S/C22H39NO5.C2H5NO/c1-9-11-15-13-18(19(25)27-21(3,4)5)23(20(26)28-22(6,7)8)17(15)14-16(24)12-10-2;1-2(3)4/h9,11,15-18,24H,10,12-14H2,1-8H3;1H3,(H2,3,4)/t15-,16?,17-,18-;/m1./s1. The number of hydrogen-bond donors (Lipinski definition) is 2. The average Bonchev–Trinajstić information content (AvgIpc) is 2.90. The number of nitrogens with zero attached hydrogens (tertiary/aromatic N) is 1. The first-order chi connectivity index (χ1) is 14.5. The first-order valence-electron chi connectivity index (χ1n) is 11.3. The van der Waals surface area contributed by atoms with E-state index in [4.69, 9.17) is 9.47 Å². The van der Waals surface area contributed by atoms with Gasteiger partial charge in [-0.1, -0.05) is 25.5 Å². The molecule has 1 heterocycles. The van der Waals surface area contributed by atoms with Crippen LogP contribution in [0.25, 0.3) is 0 Å². The van der Waals surface area contributed by atoms with Gasteiger partial charge in [0.25, 0.3) is 0 Å². The number of rotatable bonds is 6. The number of carbonyl (C=O) groups is 3. The Labute approximate surface area is 193 Å². The lowest BCUT2D eigenvalue weighted by molar-refractivity contribution is -0.160. The van der Waals surface area contributed by atoms with Gasteiger partial charge in [-0.25, -0.2) is 9.59 Å². The zero-order chi connectivity index (χ0) is 25.3. The van der Waals surface area contributed by atoms with Gasteiger partial charge < -0.3 is 20.3 Å². The molecule has 1 unspecified atom stereocenters. The van der Waals surface area contributed by atoms with Gasteiger partial charge in [0.15, 0.2) is 0 Å². The summed E-state index contributed by atoms with van der Waals surface area (Å²) in [7, 11) is 0. The van der Waals surface area contributed by atoms with E-state index in [1.165, 1.54) is 11.8 Å². The van der Waals surface area contributed by atoms with Crippen molar-refractivity contribution in [1.29, 1.82) is 0 Å². The molecule has 0 aliphatic carbocycles. The molecule has 0 aromatic carbocycles. The quantitative estimate of drug-likeness (QED) is 0.461. The first kappa shape index (κ1) is 29.9. The molecular formula is C24H44N2O6. The fourth-order valence-electron chi connectivity index (χ4n) is 3.59. The first-order valence-corrected chi connectivity index (χ1v) is 11.3. The van der Waals surface area contributed by atoms with E-state index in [0.29, 0.717) is 19.3 Å². The van der Waals surface area contributed by atoms with Crippen LogP contribution in [-0.4, -0.2) is 57.4 Å². The Morgan fingerprint density at radius 3 is 2.03 bits per heavy atom. The number of aliphatic hydroxyl groups excluding tert-OH is 1. The molecule has 1 saturated heterocycles. The number of aliphatic hydroxyl groups is 1. The topological polar surface area (TPSA) is 119 Å². The molecule has 2 amide bonds. The summed E-state index contributed by atoms with van der Waals surface area (Å²) in [5.41, 5.74) is 3.15. The second kappa shape index (κ2) is 12.8. The van der Waals surface area contributed by atoms with Crippen LogP contribution in [0.1, 0.15) is 88.0 Å². The van der Waals surface area contributed by atoms with Crippen molar-refractivity contribution in [2.24, 2.45) is 11.7 Å². The lowest BCUT2D eigenvalue weighted by atomic mass is 9.93. The van der Waals surface area contributed by atoms with Crippen molar-refractivity contribution >= 4 is 18.0 Å². The molecule has 0 radical (unpaired) electrons. The smallest absolute Gasteiger partial charge is 0.411 e. The van der Waals surface area contributed by atoms with Gasteiger partial charge in [0.05, 0.1) is 6.10 Å². The fourth-order valence-corrected chi connectivity index (χ4v) is 3.59. The monoisotopic (exact) mass is 456 g/mol. The zero-order valence-corrected chi connectivity index (χ0v) is 21.3. The van der Waals surface area contributed by atoms with Crippen LogP contribution in [0.3, 0.4) is 0 Å². The highest BCUT2D eigenvalue weighted by atomic mass is 16.6. The Bertz CT molecular complexity index is 644. The molecule has 1 rings (SSSR count). The third kappa shape index (κ3) is 11.5. The Kier molecular flexibility index (Phi) is 12.0. The van der Waals surface area contributed by atoms with Crippen LogP contribution in [0.15, 0.2) is 12.2 Å². The van der Waals surface area contributed by atoms with Crippen LogP contribution in [-0.2, 0) is 19.1 Å². The van der Waals surface area contributed by atoms with Gasteiger partial charge >= 0.3 is 12.1 Å². The summed E-state index contributed by atoms with van der Waals surface area (Å²) in [4.78, 5) is 36.6. The van der Waals surface area contributed by atoms with Gasteiger partial charge in [0.2, 0.25) is 5.91 Å². The van der Waals surface area contributed by atoms with Gasteiger partial charge in [0.1, 0.15) is 17.2 Å². The minimum Gasteiger partial charge on any atom is -0.458 e. The van der Waals surface area contributed by atoms with Gasteiger partial charge in [-0.05, 0) is 67.7 Å². The second-order valence-corrected chi connectivity index (χ2v) is 10.2. The molecule has 1 aliphatic heterocycles. The van der Waals surface area contributed by atoms with E-state index in [2.05, 4.69) is 5.73 Å². The average molecular weight is 457 g/mol. The van der Waals surface area contributed by atoms with Gasteiger partial charge in [-0.3, -0.25) is 9.69 Å². The SMILES string of the molecule is CC(N)=O.CC=C[C@@H]1C[C@H](C(=O)OC(C)(C)C)N(C(=O)OC(C)(C)C)[C@@H]1CC(O)CCC. The highest BCUT2D eigenvalue weighted by Crippen LogP contribution is 2.36. The van der Waals surface area contributed by atoms with Crippen molar-refractivity contribution in [3.05, 3.63) is 12.2 Å². The summed E-state index contributed by atoms with van der Waals surface area (Å²) in [6.07, 6.45) is 5.22. The lowest BCUT2D eigenvalue weighted by Crippen LogP contribution is -2.50. The predicted molar refractivity (Wildman–Crippen MR) is 125 cm³/mol. The molecule has 0 aromatic rings. The van der Waals surface area contributed by atoms with E-state index in [0.717, 1.165) is 6.42 Å². The molecule has 0 aromatic heterocycles. The van der Waals surface area contributed by atoms with E-state index in [1.54, 1.807) is 20.8 Å². The Hall–Kier alpha value is -2.09. The van der Waals surface area contributed by atoms with Crippen molar-refractivity contribution in [2.45, 2.75) is 117 Å². The molecule has 1 fully saturated rings. The summed E-state index contributed by atoms with van der Waals surface area (Å²) in [6.45, 7) is 16.1. The number of carbonyl (C=O) groups excluding carboxylic acids is 3. The number of allylic oxidation sites excluding steroid dienone is 1. The van der Waals surface area contributed by atoms with E-state index in [-0.39, 0.29) is 17.9 Å². The number of nitrogens with two attached hydrogens (primary N) is 1. The third-order valence-electron chi connectivity index (χ3n) is 4.54. The van der Waals surface area contributed by atoms with Crippen molar-refractivity contribution in [1.82, 2.24) is 4.90 Å². The predicted octanol–water partition coefficient (Wildman–Crippen LogP) is 3.94. The van der Waals surface area contributed by atoms with Crippen LogP contribution in [0.4, 0.5) is 4.79 Å². The van der Waals surface area contributed by atoms with Crippen LogP contribution in [0.2, 0.25) is 0 Å². The van der Waals surface area contributed by atoms with Crippen LogP contribution in [0, 0.1) is 5.92 Å². The number of primary amides is 1. The molecule has 186 valence electrons. The minimum atomic E-state index is -0.728. The molecule has 8 nitrogen and oxygen atoms in total.